The molecule has 0 amide bonds. The van der Waals surface area contributed by atoms with Crippen molar-refractivity contribution >= 4 is 0 Å². The molecular weight excluding hydrogens is 100 g/mol. The summed E-state index contributed by atoms with van der Waals surface area (Å²) >= 11 is 0. The summed E-state index contributed by atoms with van der Waals surface area (Å²) in [7, 11) is 0. The first-order valence-corrected chi connectivity index (χ1v) is 3.35. The first kappa shape index (κ1) is 4.77. The maximum absolute atomic E-state index is 5.51. The lowest BCUT2D eigenvalue weighted by Crippen LogP contribution is -2.41. The first-order valence-electron chi connectivity index (χ1n) is 3.35. The lowest BCUT2D eigenvalue weighted by atomic mass is 9.74. The summed E-state index contributed by atoms with van der Waals surface area (Å²) in [6.07, 6.45) is 1.39. The molecule has 3 N–H and O–H groups in total. The zero-order chi connectivity index (χ0) is 5.56. The fourth-order valence-electron chi connectivity index (χ4n) is 1.94. The van der Waals surface area contributed by atoms with Gasteiger partial charge in [-0.3, -0.25) is 0 Å². The number of nitrogens with two attached hydrogens (primary N) is 1. The average Bonchev–Trinajstić information content (AvgIpc) is 2.19. The van der Waals surface area contributed by atoms with Gasteiger partial charge in [0.05, 0.1) is 0 Å². The Morgan fingerprint density at radius 1 is 1.62 bits per heavy atom. The number of hydrogen-bond acceptors (Lipinski definition) is 2. The Hall–Kier alpha value is -0.0800. The second kappa shape index (κ2) is 1.45. The van der Waals surface area contributed by atoms with Crippen molar-refractivity contribution in [2.75, 3.05) is 13.1 Å². The quantitative estimate of drug-likeness (QED) is 0.482. The van der Waals surface area contributed by atoms with Crippen molar-refractivity contribution in [1.29, 1.82) is 0 Å². The van der Waals surface area contributed by atoms with Gasteiger partial charge in [0, 0.05) is 6.04 Å². The monoisotopic (exact) mass is 112 g/mol. The maximum Gasteiger partial charge on any atom is 0.0114 e. The van der Waals surface area contributed by atoms with Crippen LogP contribution in [0.25, 0.3) is 0 Å². The van der Waals surface area contributed by atoms with Crippen LogP contribution >= 0.6 is 0 Å². The molecule has 3 atom stereocenters. The Morgan fingerprint density at radius 2 is 2.50 bits per heavy atom. The maximum atomic E-state index is 5.51. The number of nitrogens with one attached hydrogen (secondary N) is 1. The van der Waals surface area contributed by atoms with E-state index in [-0.39, 0.29) is 0 Å². The Balaban J connectivity index is 2.02. The van der Waals surface area contributed by atoms with E-state index in [0.717, 1.165) is 24.4 Å². The van der Waals surface area contributed by atoms with Crippen LogP contribution < -0.4 is 11.1 Å². The van der Waals surface area contributed by atoms with Crippen molar-refractivity contribution in [1.82, 2.24) is 5.32 Å². The summed E-state index contributed by atoms with van der Waals surface area (Å²) in [4.78, 5) is 0. The highest BCUT2D eigenvalue weighted by Crippen LogP contribution is 2.38. The van der Waals surface area contributed by atoms with Crippen molar-refractivity contribution in [3.63, 3.8) is 0 Å². The normalized spacial score (nSPS) is 51.4. The molecule has 2 bridgehead atoms. The van der Waals surface area contributed by atoms with Crippen LogP contribution in [0.1, 0.15) is 6.42 Å². The highest BCUT2D eigenvalue weighted by atomic mass is 15.0. The largest absolute Gasteiger partial charge is 0.330 e. The van der Waals surface area contributed by atoms with Gasteiger partial charge in [-0.2, -0.15) is 0 Å². The summed E-state index contributed by atoms with van der Waals surface area (Å²) in [6.45, 7) is 2.12. The molecule has 1 saturated carbocycles. The predicted molar refractivity (Wildman–Crippen MR) is 32.4 cm³/mol. The van der Waals surface area contributed by atoms with Gasteiger partial charge in [0.2, 0.25) is 0 Å². The van der Waals surface area contributed by atoms with E-state index in [1.165, 1.54) is 13.0 Å². The first-order chi connectivity index (χ1) is 3.92. The topological polar surface area (TPSA) is 38.0 Å². The van der Waals surface area contributed by atoms with E-state index in [2.05, 4.69) is 5.32 Å². The van der Waals surface area contributed by atoms with Gasteiger partial charge in [-0.25, -0.2) is 0 Å². The molecule has 0 unspecified atom stereocenters. The van der Waals surface area contributed by atoms with Gasteiger partial charge in [-0.05, 0) is 31.3 Å². The molecule has 2 heterocycles. The van der Waals surface area contributed by atoms with Crippen molar-refractivity contribution in [2.45, 2.75) is 12.5 Å². The van der Waals surface area contributed by atoms with Crippen molar-refractivity contribution in [3.8, 4) is 0 Å². The molecule has 0 spiro atoms. The molecule has 3 aliphatic rings. The van der Waals surface area contributed by atoms with Crippen LogP contribution in [-0.2, 0) is 0 Å². The Bertz CT molecular complexity index is 88.7. The highest BCUT2D eigenvalue weighted by Gasteiger charge is 2.45. The molecule has 0 aromatic rings. The molecule has 0 aromatic heterocycles. The third-order valence-electron chi connectivity index (χ3n) is 2.59. The van der Waals surface area contributed by atoms with Crippen LogP contribution in [0.3, 0.4) is 0 Å². The van der Waals surface area contributed by atoms with Gasteiger partial charge in [0.25, 0.3) is 0 Å². The molecule has 0 radical (unpaired) electrons. The fraction of sp³-hybridized carbons (Fsp3) is 1.00. The van der Waals surface area contributed by atoms with Gasteiger partial charge < -0.3 is 11.1 Å². The lowest BCUT2D eigenvalue weighted by Gasteiger charge is -2.33. The fourth-order valence-corrected chi connectivity index (χ4v) is 1.94. The summed E-state index contributed by atoms with van der Waals surface area (Å²) in [5, 5.41) is 3.41. The summed E-state index contributed by atoms with van der Waals surface area (Å²) < 4.78 is 0. The second-order valence-corrected chi connectivity index (χ2v) is 2.91. The van der Waals surface area contributed by atoms with Gasteiger partial charge in [0.15, 0.2) is 0 Å². The molecule has 46 valence electrons. The van der Waals surface area contributed by atoms with Crippen LogP contribution in [0.2, 0.25) is 0 Å². The summed E-state index contributed by atoms with van der Waals surface area (Å²) in [6, 6.07) is 0.796. The Kier molecular flexibility index (Phi) is 0.866. The zero-order valence-corrected chi connectivity index (χ0v) is 4.93. The smallest absolute Gasteiger partial charge is 0.0114 e. The molecule has 2 aliphatic heterocycles. The van der Waals surface area contributed by atoms with E-state index in [1.54, 1.807) is 0 Å². The van der Waals surface area contributed by atoms with Crippen LogP contribution in [0.5, 0.6) is 0 Å². The number of hydrogen-bond donors (Lipinski definition) is 2. The Labute approximate surface area is 49.4 Å². The van der Waals surface area contributed by atoms with Crippen molar-refractivity contribution < 1.29 is 0 Å². The molecule has 8 heavy (non-hydrogen) atoms. The molecule has 1 aliphatic carbocycles. The molecule has 2 saturated heterocycles. The molecule has 3 rings (SSSR count). The van der Waals surface area contributed by atoms with Crippen molar-refractivity contribution in [2.24, 2.45) is 17.6 Å². The van der Waals surface area contributed by atoms with Gasteiger partial charge in [-0.1, -0.05) is 0 Å². The van der Waals surface area contributed by atoms with E-state index in [1.807, 2.05) is 0 Å². The lowest BCUT2D eigenvalue weighted by molar-refractivity contribution is 0.224. The van der Waals surface area contributed by atoms with Gasteiger partial charge in [0.1, 0.15) is 0 Å². The minimum atomic E-state index is 0.796. The Morgan fingerprint density at radius 3 is 2.75 bits per heavy atom. The molecule has 2 heteroatoms. The third-order valence-corrected chi connectivity index (χ3v) is 2.59. The van der Waals surface area contributed by atoms with E-state index >= 15 is 0 Å². The standard InChI is InChI=1S/C6H12N2/c7-2-5-4-1-6(5)8-3-4/h4-6,8H,1-3,7H2/t4-,5+,6+/m1/s1. The average molecular weight is 112 g/mol. The summed E-state index contributed by atoms with van der Waals surface area (Å²) in [5.74, 6) is 1.76. The molecule has 2 nitrogen and oxygen atoms in total. The minimum Gasteiger partial charge on any atom is -0.330 e. The van der Waals surface area contributed by atoms with E-state index in [9.17, 15) is 0 Å². The van der Waals surface area contributed by atoms with Crippen LogP contribution in [0, 0.1) is 11.8 Å². The third kappa shape index (κ3) is 0.400. The van der Waals surface area contributed by atoms with E-state index < -0.39 is 0 Å². The molecular formula is C6H12N2. The van der Waals surface area contributed by atoms with Gasteiger partial charge >= 0.3 is 0 Å². The SMILES string of the molecule is NC[C@H]1[C@H]2CN[C@H]1C2. The van der Waals surface area contributed by atoms with Crippen LogP contribution in [0.4, 0.5) is 0 Å². The zero-order valence-electron chi connectivity index (χ0n) is 4.93. The van der Waals surface area contributed by atoms with Crippen LogP contribution in [-0.4, -0.2) is 19.1 Å². The van der Waals surface area contributed by atoms with E-state index in [4.69, 9.17) is 5.73 Å². The highest BCUT2D eigenvalue weighted by molar-refractivity contribution is 5.02. The van der Waals surface area contributed by atoms with Crippen LogP contribution in [0.15, 0.2) is 0 Å². The second-order valence-electron chi connectivity index (χ2n) is 2.91. The number of fused-ring (bicyclic) bond motifs is 1. The molecule has 0 aromatic carbocycles. The number of rotatable bonds is 1. The molecule has 3 fully saturated rings. The van der Waals surface area contributed by atoms with Gasteiger partial charge in [-0.15, -0.1) is 0 Å². The van der Waals surface area contributed by atoms with E-state index in [0.29, 0.717) is 0 Å². The van der Waals surface area contributed by atoms with Crippen molar-refractivity contribution in [3.05, 3.63) is 0 Å². The minimum absolute atomic E-state index is 0.796. The summed E-state index contributed by atoms with van der Waals surface area (Å²) in [5.41, 5.74) is 5.51. The predicted octanol–water partition coefficient (Wildman–Crippen LogP) is -0.447.